The van der Waals surface area contributed by atoms with Gasteiger partial charge in [0.05, 0.1) is 13.7 Å². The monoisotopic (exact) mass is 472 g/mol. The van der Waals surface area contributed by atoms with Gasteiger partial charge in [-0.25, -0.2) is 14.4 Å². The molecular weight excluding hydrogens is 444 g/mol. The maximum absolute atomic E-state index is 13.6. The number of hydrogen-bond acceptors (Lipinski definition) is 10. The zero-order valence-electron chi connectivity index (χ0n) is 20.0. The van der Waals surface area contributed by atoms with E-state index in [-0.39, 0.29) is 41.4 Å². The molecule has 10 nitrogen and oxygen atoms in total. The Morgan fingerprint density at radius 3 is 2.35 bits per heavy atom. The molecule has 1 atom stereocenters. The molecule has 182 valence electrons. The molecule has 34 heavy (non-hydrogen) atoms. The molecule has 1 unspecified atom stereocenters. The molecule has 1 aromatic carbocycles. The first-order valence-corrected chi connectivity index (χ1v) is 10.7. The average Bonchev–Trinajstić information content (AvgIpc) is 3.00. The minimum absolute atomic E-state index is 0.0231. The Hall–Kier alpha value is -3.82. The Balaban J connectivity index is 2.41. The van der Waals surface area contributed by atoms with Gasteiger partial charge in [0.1, 0.15) is 34.9 Å². The number of nitrogens with two attached hydrogens (primary N) is 1. The smallest absolute Gasteiger partial charge is 0.339 e. The maximum Gasteiger partial charge on any atom is 0.339 e. The van der Waals surface area contributed by atoms with Crippen molar-refractivity contribution in [2.45, 2.75) is 45.6 Å². The molecule has 0 fully saturated rings. The number of carbonyl (C=O) groups excluding carboxylic acids is 4. The lowest BCUT2D eigenvalue weighted by Crippen LogP contribution is -2.52. The number of allylic oxidation sites excluding steroid dienone is 1. The first-order chi connectivity index (χ1) is 15.9. The Morgan fingerprint density at radius 1 is 1.12 bits per heavy atom. The van der Waals surface area contributed by atoms with Crippen LogP contribution in [0.5, 0.6) is 0 Å². The fourth-order valence-electron chi connectivity index (χ4n) is 4.17. The third-order valence-electron chi connectivity index (χ3n) is 5.40. The molecule has 0 aliphatic carbocycles. The topological polar surface area (TPSA) is 134 Å². The van der Waals surface area contributed by atoms with Gasteiger partial charge in [0.25, 0.3) is 0 Å². The third kappa shape index (κ3) is 3.89. The summed E-state index contributed by atoms with van der Waals surface area (Å²) in [5, 5.41) is 0. The van der Waals surface area contributed by atoms with Crippen LogP contribution in [0.15, 0.2) is 47.0 Å². The summed E-state index contributed by atoms with van der Waals surface area (Å²) in [5.41, 5.74) is 3.52. The van der Waals surface area contributed by atoms with E-state index in [4.69, 9.17) is 24.7 Å². The predicted octanol–water partition coefficient (Wildman–Crippen LogP) is 1.82. The average molecular weight is 472 g/mol. The largest absolute Gasteiger partial charge is 0.468 e. The number of esters is 4. The lowest BCUT2D eigenvalue weighted by Gasteiger charge is -2.41. The maximum atomic E-state index is 13.6. The van der Waals surface area contributed by atoms with Crippen LogP contribution in [0.1, 0.15) is 40.2 Å². The van der Waals surface area contributed by atoms with Gasteiger partial charge in [0, 0.05) is 11.3 Å². The van der Waals surface area contributed by atoms with Gasteiger partial charge in [-0.3, -0.25) is 4.79 Å². The quantitative estimate of drug-likeness (QED) is 0.499. The van der Waals surface area contributed by atoms with E-state index < -0.39 is 34.9 Å². The normalized spacial score (nSPS) is 19.7. The first-order valence-electron chi connectivity index (χ1n) is 10.7. The van der Waals surface area contributed by atoms with Gasteiger partial charge in [-0.05, 0) is 40.7 Å². The van der Waals surface area contributed by atoms with Crippen LogP contribution in [0.3, 0.4) is 0 Å². The molecule has 0 bridgehead atoms. The fourth-order valence-corrected chi connectivity index (χ4v) is 4.17. The zero-order valence-corrected chi connectivity index (χ0v) is 20.0. The predicted molar refractivity (Wildman–Crippen MR) is 120 cm³/mol. The van der Waals surface area contributed by atoms with Gasteiger partial charge in [0.15, 0.2) is 5.41 Å². The van der Waals surface area contributed by atoms with Crippen molar-refractivity contribution < 1.29 is 38.1 Å². The molecule has 2 aliphatic heterocycles. The van der Waals surface area contributed by atoms with Crippen molar-refractivity contribution in [2.75, 3.05) is 25.2 Å². The number of anilines is 1. The highest BCUT2D eigenvalue weighted by Crippen LogP contribution is 2.54. The number of cyclic esters (lactones) is 1. The third-order valence-corrected chi connectivity index (χ3v) is 5.40. The molecule has 2 N–H and O–H groups in total. The van der Waals surface area contributed by atoms with Crippen LogP contribution in [-0.4, -0.2) is 49.7 Å². The van der Waals surface area contributed by atoms with Crippen molar-refractivity contribution in [1.29, 1.82) is 0 Å². The van der Waals surface area contributed by atoms with Crippen LogP contribution < -0.4 is 10.6 Å². The Labute approximate surface area is 197 Å². The number of nitrogens with zero attached hydrogens (tertiary/aromatic N) is 1. The van der Waals surface area contributed by atoms with E-state index in [0.29, 0.717) is 5.69 Å². The van der Waals surface area contributed by atoms with E-state index in [1.165, 1.54) is 18.9 Å². The summed E-state index contributed by atoms with van der Waals surface area (Å²) in [5.74, 6) is -3.58. The van der Waals surface area contributed by atoms with Crippen LogP contribution in [0.2, 0.25) is 0 Å². The fraction of sp³-hybridized carbons (Fsp3) is 0.417. The Bertz CT molecular complexity index is 1130. The van der Waals surface area contributed by atoms with Crippen molar-refractivity contribution in [3.05, 3.63) is 52.6 Å². The minimum atomic E-state index is -2.05. The molecular formula is C24H28N2O8. The molecule has 0 radical (unpaired) electrons. The number of fused-ring (bicyclic) bond motifs is 2. The summed E-state index contributed by atoms with van der Waals surface area (Å²) in [4.78, 5) is 53.8. The number of ether oxygens (including phenoxy) is 4. The molecule has 3 rings (SSSR count). The van der Waals surface area contributed by atoms with Gasteiger partial charge in [-0.15, -0.1) is 0 Å². The highest BCUT2D eigenvalue weighted by atomic mass is 16.6. The standard InChI is InChI=1S/C24H28N2O8/c1-7-32-20(28)18-19(25)26(12-16(27)31-6)15-11-9-8-10-14(15)24(18)17(13(2)33-22(24)30)21(29)34-23(3,4)5/h8-11H,7,12,25H2,1-6H3. The van der Waals surface area contributed by atoms with Crippen LogP contribution >= 0.6 is 0 Å². The summed E-state index contributed by atoms with van der Waals surface area (Å²) in [6, 6.07) is 6.48. The van der Waals surface area contributed by atoms with Gasteiger partial charge in [-0.1, -0.05) is 18.2 Å². The van der Waals surface area contributed by atoms with Crippen LogP contribution in [0.25, 0.3) is 0 Å². The van der Waals surface area contributed by atoms with E-state index in [2.05, 4.69) is 0 Å². The number of para-hydroxylation sites is 1. The van der Waals surface area contributed by atoms with E-state index in [1.54, 1.807) is 52.0 Å². The second-order valence-electron chi connectivity index (χ2n) is 8.73. The van der Waals surface area contributed by atoms with E-state index in [1.807, 2.05) is 0 Å². The van der Waals surface area contributed by atoms with Gasteiger partial charge in [0.2, 0.25) is 0 Å². The number of benzene rings is 1. The van der Waals surface area contributed by atoms with E-state index in [9.17, 15) is 19.2 Å². The molecule has 0 saturated carbocycles. The SMILES string of the molecule is CCOC(=O)C1=C(N)N(CC(=O)OC)c2ccccc2C12C(=O)OC(C)=C2C(=O)OC(C)(C)C. The highest BCUT2D eigenvalue weighted by Gasteiger charge is 2.63. The van der Waals surface area contributed by atoms with E-state index in [0.717, 1.165) is 0 Å². The molecule has 2 aliphatic rings. The second kappa shape index (κ2) is 8.85. The molecule has 0 amide bonds. The van der Waals surface area contributed by atoms with Crippen molar-refractivity contribution in [3.63, 3.8) is 0 Å². The van der Waals surface area contributed by atoms with Gasteiger partial charge >= 0.3 is 23.9 Å². The number of methoxy groups -OCH3 is 1. The lowest BCUT2D eigenvalue weighted by atomic mass is 9.66. The van der Waals surface area contributed by atoms with Crippen molar-refractivity contribution >= 4 is 29.6 Å². The molecule has 2 heterocycles. The van der Waals surface area contributed by atoms with Crippen LogP contribution in [0.4, 0.5) is 5.69 Å². The van der Waals surface area contributed by atoms with Crippen molar-refractivity contribution in [2.24, 2.45) is 5.73 Å². The number of carbonyl (C=O) groups is 4. The van der Waals surface area contributed by atoms with Gasteiger partial charge < -0.3 is 29.6 Å². The summed E-state index contributed by atoms with van der Waals surface area (Å²) in [7, 11) is 1.22. The van der Waals surface area contributed by atoms with Crippen molar-refractivity contribution in [3.8, 4) is 0 Å². The van der Waals surface area contributed by atoms with Crippen LogP contribution in [-0.2, 0) is 43.5 Å². The first kappa shape index (κ1) is 24.8. The zero-order chi connectivity index (χ0) is 25.4. The second-order valence-corrected chi connectivity index (χ2v) is 8.73. The highest BCUT2D eigenvalue weighted by molar-refractivity contribution is 6.16. The summed E-state index contributed by atoms with van der Waals surface area (Å²) < 4.78 is 21.0. The van der Waals surface area contributed by atoms with Crippen molar-refractivity contribution in [1.82, 2.24) is 0 Å². The Kier molecular flexibility index (Phi) is 6.46. The molecule has 1 aromatic rings. The molecule has 10 heteroatoms. The van der Waals surface area contributed by atoms with E-state index >= 15 is 0 Å². The lowest BCUT2D eigenvalue weighted by molar-refractivity contribution is -0.152. The number of rotatable bonds is 5. The molecule has 0 aromatic heterocycles. The Morgan fingerprint density at radius 2 is 1.76 bits per heavy atom. The van der Waals surface area contributed by atoms with Gasteiger partial charge in [-0.2, -0.15) is 0 Å². The molecule has 0 saturated heterocycles. The summed E-state index contributed by atoms with van der Waals surface area (Å²) in [6.45, 7) is 7.68. The van der Waals surface area contributed by atoms with Crippen LogP contribution in [0, 0.1) is 0 Å². The minimum Gasteiger partial charge on any atom is -0.468 e. The number of hydrogen-bond donors (Lipinski definition) is 1. The summed E-state index contributed by atoms with van der Waals surface area (Å²) in [6.07, 6.45) is 0. The summed E-state index contributed by atoms with van der Waals surface area (Å²) >= 11 is 0. The molecule has 1 spiro atoms.